The molecule has 1 aromatic rings. The van der Waals surface area contributed by atoms with E-state index in [2.05, 4.69) is 10.3 Å². The Labute approximate surface area is 149 Å². The van der Waals surface area contributed by atoms with Gasteiger partial charge in [-0.05, 0) is 5.56 Å². The monoisotopic (exact) mass is 408 g/mol. The molecule has 0 unspecified atom stereocenters. The predicted molar refractivity (Wildman–Crippen MR) is 90.4 cm³/mol. The summed E-state index contributed by atoms with van der Waals surface area (Å²) in [7, 11) is 0. The molecule has 0 spiro atoms. The van der Waals surface area contributed by atoms with Crippen molar-refractivity contribution in [2.24, 2.45) is 4.99 Å². The molecular weight excluding hydrogens is 387 g/mol. The van der Waals surface area contributed by atoms with Crippen molar-refractivity contribution < 1.29 is 22.4 Å². The van der Waals surface area contributed by atoms with Crippen molar-refractivity contribution in [2.75, 3.05) is 13.1 Å². The third kappa shape index (κ3) is 11.1. The van der Waals surface area contributed by atoms with Gasteiger partial charge in [0, 0.05) is 12.8 Å². The summed E-state index contributed by atoms with van der Waals surface area (Å²) in [5.41, 5.74) is 1.95. The summed E-state index contributed by atoms with van der Waals surface area (Å²) in [5, 5.41) is 4.57. The average Bonchev–Trinajstić information content (AvgIpc) is 2.37. The van der Waals surface area contributed by atoms with Gasteiger partial charge in [-0.3, -0.25) is 4.99 Å². The zero-order chi connectivity index (χ0) is 16.5. The van der Waals surface area contributed by atoms with Gasteiger partial charge in [-0.25, -0.2) is 0 Å². The molecule has 114 valence electrons. The maximum atomic E-state index is 8.22. The van der Waals surface area contributed by atoms with Crippen LogP contribution < -0.4 is 0 Å². The molecule has 0 bridgehead atoms. The Morgan fingerprint density at radius 1 is 1.14 bits per heavy atom. The molecule has 0 radical (unpaired) electrons. The van der Waals surface area contributed by atoms with E-state index in [0.29, 0.717) is 13.1 Å². The number of aliphatic imine (C=N–C) groups is 1. The van der Waals surface area contributed by atoms with Gasteiger partial charge in [0.05, 0.1) is 0 Å². The normalized spacial score (nSPS) is 12.0. The second kappa shape index (κ2) is 9.77. The number of rotatable bonds is 6. The van der Waals surface area contributed by atoms with Crippen LogP contribution >= 0.6 is 0 Å². The first kappa shape index (κ1) is 20.8. The fraction of sp³-hybridized carbons (Fsp3) is 0.533. The average molecular weight is 408 g/mol. The molecule has 0 N–H and O–H groups in total. The van der Waals surface area contributed by atoms with Gasteiger partial charge in [0.1, 0.15) is 0 Å². The van der Waals surface area contributed by atoms with Crippen molar-refractivity contribution in [1.29, 1.82) is 0 Å². The van der Waals surface area contributed by atoms with Crippen molar-refractivity contribution in [3.8, 4) is 0 Å². The zero-order valence-corrected chi connectivity index (χ0v) is 16.3. The summed E-state index contributed by atoms with van der Waals surface area (Å²) in [6.45, 7) is 9.25. The Morgan fingerprint density at radius 3 is 2.24 bits per heavy atom. The molecular formula is C15H21N2OS2Tc+2. The molecule has 0 saturated carbocycles. The summed E-state index contributed by atoms with van der Waals surface area (Å²) in [6, 6.07) is 7.96. The van der Waals surface area contributed by atoms with E-state index in [-0.39, 0.29) is 9.49 Å². The van der Waals surface area contributed by atoms with Crippen LogP contribution in [0.25, 0.3) is 5.32 Å². The quantitative estimate of drug-likeness (QED) is 0.533. The molecule has 0 aromatic heterocycles. The number of hydrogen-bond donors (Lipinski definition) is 0. The first-order valence-corrected chi connectivity index (χ1v) is 8.08. The van der Waals surface area contributed by atoms with Crippen molar-refractivity contribution in [3.05, 3.63) is 35.1 Å². The summed E-state index contributed by atoms with van der Waals surface area (Å²) < 4.78 is 7.80. The summed E-state index contributed by atoms with van der Waals surface area (Å²) >= 11 is 11.5. The van der Waals surface area contributed by atoms with Gasteiger partial charge in [-0.2, -0.15) is 4.75 Å². The Hall–Kier alpha value is -0.161. The SMILES string of the molecule is CC(C)([S-])CN=Cc1ccccc1[N-]CC(C)(C)[S-].[O]=[99Tc+5]. The second-order valence-electron chi connectivity index (χ2n) is 5.86. The zero-order valence-electron chi connectivity index (χ0n) is 12.8. The number of benzene rings is 1. The maximum absolute atomic E-state index is 8.22. The van der Waals surface area contributed by atoms with Crippen LogP contribution in [0.15, 0.2) is 29.3 Å². The molecule has 1 aromatic carbocycles. The Bertz CT molecular complexity index is 454. The van der Waals surface area contributed by atoms with Crippen LogP contribution in [0, 0.1) is 0 Å². The number of hydrogen-bond acceptors (Lipinski definition) is 4. The summed E-state index contributed by atoms with van der Waals surface area (Å²) in [6.07, 6.45) is 1.85. The van der Waals surface area contributed by atoms with Crippen LogP contribution in [0.3, 0.4) is 0 Å². The minimum atomic E-state index is -0.215. The fourth-order valence-corrected chi connectivity index (χ4v) is 1.52. The Kier molecular flexibility index (Phi) is 9.70. The minimum absolute atomic E-state index is 0.203. The molecule has 1 rings (SSSR count). The second-order valence-corrected chi connectivity index (χ2v) is 8.07. The molecule has 0 amide bonds. The van der Waals surface area contributed by atoms with Crippen LogP contribution in [0.1, 0.15) is 33.3 Å². The number of nitrogens with zero attached hydrogens (tertiary/aromatic N) is 2. The predicted octanol–water partition coefficient (Wildman–Crippen LogP) is 3.64. The van der Waals surface area contributed by atoms with Crippen LogP contribution in [-0.4, -0.2) is 28.8 Å². The van der Waals surface area contributed by atoms with E-state index in [1.54, 1.807) is 0 Å². The standard InChI is InChI=1S/C15H23N2S2.O.Tc/c1-14(2,18)10-16-9-12-7-5-6-8-13(12)17-11-15(3,4)19;;/h5-9H,10-11H2,1-4H3,(H2-,16,17,18,19);;/q-1;;+5/p-2/i;;1+1. The van der Waals surface area contributed by atoms with Crippen molar-refractivity contribution in [1.82, 2.24) is 0 Å². The van der Waals surface area contributed by atoms with Gasteiger partial charge < -0.3 is 30.6 Å². The van der Waals surface area contributed by atoms with E-state index >= 15 is 0 Å². The Morgan fingerprint density at radius 2 is 1.71 bits per heavy atom. The van der Waals surface area contributed by atoms with Gasteiger partial charge in [-0.15, -0.1) is 17.0 Å². The molecule has 0 aliphatic carbocycles. The van der Waals surface area contributed by atoms with E-state index in [1.807, 2.05) is 58.2 Å². The molecule has 0 fully saturated rings. The molecule has 6 heteroatoms. The summed E-state index contributed by atoms with van der Waals surface area (Å²) in [4.78, 5) is 4.40. The van der Waals surface area contributed by atoms with Crippen LogP contribution in [0.2, 0.25) is 0 Å². The van der Waals surface area contributed by atoms with E-state index in [4.69, 9.17) is 28.8 Å². The third-order valence-electron chi connectivity index (χ3n) is 2.27. The van der Waals surface area contributed by atoms with Crippen molar-refractivity contribution >= 4 is 37.2 Å². The van der Waals surface area contributed by atoms with Crippen LogP contribution in [-0.2, 0) is 47.6 Å². The summed E-state index contributed by atoms with van der Waals surface area (Å²) in [5.74, 6) is 0. The van der Waals surface area contributed by atoms with Crippen molar-refractivity contribution in [3.63, 3.8) is 0 Å². The number of para-hydroxylation sites is 1. The first-order valence-electron chi connectivity index (χ1n) is 6.50. The molecule has 0 heterocycles. The topological polar surface area (TPSA) is 43.5 Å². The van der Waals surface area contributed by atoms with Gasteiger partial charge in [-0.1, -0.05) is 52.0 Å². The van der Waals surface area contributed by atoms with E-state index < -0.39 is 0 Å². The van der Waals surface area contributed by atoms with Gasteiger partial charge in [0.25, 0.3) is 0 Å². The first-order chi connectivity index (χ1) is 9.67. The van der Waals surface area contributed by atoms with Crippen molar-refractivity contribution in [2.45, 2.75) is 37.2 Å². The van der Waals surface area contributed by atoms with E-state index in [1.165, 1.54) is 0 Å². The fourth-order valence-electron chi connectivity index (χ4n) is 1.38. The third-order valence-corrected chi connectivity index (χ3v) is 2.53. The van der Waals surface area contributed by atoms with Crippen LogP contribution in [0.4, 0.5) is 5.69 Å². The van der Waals surface area contributed by atoms with Crippen LogP contribution in [0.5, 0.6) is 0 Å². The molecule has 0 aliphatic heterocycles. The van der Waals surface area contributed by atoms with E-state index in [9.17, 15) is 0 Å². The molecule has 21 heavy (non-hydrogen) atoms. The van der Waals surface area contributed by atoms with Gasteiger partial charge in [0.2, 0.25) is 0 Å². The Balaban J connectivity index is 0.00000191. The molecule has 3 nitrogen and oxygen atoms in total. The molecule has 0 aliphatic rings. The van der Waals surface area contributed by atoms with E-state index in [0.717, 1.165) is 30.1 Å². The van der Waals surface area contributed by atoms with Gasteiger partial charge >= 0.3 is 22.4 Å². The van der Waals surface area contributed by atoms with Gasteiger partial charge in [0.15, 0.2) is 0 Å². The molecule has 0 atom stereocenters. The molecule has 0 saturated heterocycles.